The molecule has 0 spiro atoms. The summed E-state index contributed by atoms with van der Waals surface area (Å²) in [6.45, 7) is 0.922. The summed E-state index contributed by atoms with van der Waals surface area (Å²) in [5.41, 5.74) is 0.0233. The molecule has 1 saturated carbocycles. The van der Waals surface area contributed by atoms with Crippen LogP contribution in [0, 0.1) is 16.0 Å². The van der Waals surface area contributed by atoms with E-state index in [9.17, 15) is 10.1 Å². The molecule has 1 saturated heterocycles. The van der Waals surface area contributed by atoms with Gasteiger partial charge in [-0.2, -0.15) is 0 Å². The molecule has 19 heavy (non-hydrogen) atoms. The minimum Gasteiger partial charge on any atom is -0.353 e. The van der Waals surface area contributed by atoms with Crippen LogP contribution >= 0.6 is 11.6 Å². The monoisotopic (exact) mass is 281 g/mol. The summed E-state index contributed by atoms with van der Waals surface area (Å²) in [4.78, 5) is 17.0. The normalized spacial score (nSPS) is 26.3. The summed E-state index contributed by atoms with van der Waals surface area (Å²) in [5.74, 6) is 1.38. The molecular formula is C13H16ClN3O2. The first-order valence-electron chi connectivity index (χ1n) is 6.74. The Morgan fingerprint density at radius 1 is 1.32 bits per heavy atom. The maximum atomic E-state index is 10.9. The summed E-state index contributed by atoms with van der Waals surface area (Å²) in [6, 6.07) is 3.34. The van der Waals surface area contributed by atoms with E-state index in [0.717, 1.165) is 19.4 Å². The van der Waals surface area contributed by atoms with Gasteiger partial charge in [-0.15, -0.1) is 0 Å². The Hall–Kier alpha value is -1.36. The number of piperidine rings is 1. The second-order valence-electron chi connectivity index (χ2n) is 5.36. The molecule has 0 aromatic carbocycles. The maximum Gasteiger partial charge on any atom is 0.276 e. The molecule has 1 aromatic heterocycles. The highest BCUT2D eigenvalue weighted by molar-refractivity contribution is 6.29. The molecule has 2 heterocycles. The second-order valence-corrected chi connectivity index (χ2v) is 5.74. The van der Waals surface area contributed by atoms with Crippen LogP contribution in [0.1, 0.15) is 32.1 Å². The predicted octanol–water partition coefficient (Wildman–Crippen LogP) is 3.41. The van der Waals surface area contributed by atoms with Crippen molar-refractivity contribution in [3.8, 4) is 0 Å². The third-order valence-electron chi connectivity index (χ3n) is 4.26. The molecule has 0 N–H and O–H groups in total. The van der Waals surface area contributed by atoms with E-state index in [1.165, 1.54) is 25.3 Å². The third kappa shape index (κ3) is 2.39. The quantitative estimate of drug-likeness (QED) is 0.473. The van der Waals surface area contributed by atoms with Crippen LogP contribution in [0.4, 0.5) is 11.5 Å². The van der Waals surface area contributed by atoms with Gasteiger partial charge in [0, 0.05) is 12.6 Å². The van der Waals surface area contributed by atoms with E-state index >= 15 is 0 Å². The van der Waals surface area contributed by atoms with Gasteiger partial charge in [0.25, 0.3) is 5.69 Å². The van der Waals surface area contributed by atoms with Crippen molar-refractivity contribution in [3.63, 3.8) is 0 Å². The van der Waals surface area contributed by atoms with E-state index in [4.69, 9.17) is 11.6 Å². The molecule has 0 radical (unpaired) electrons. The lowest BCUT2D eigenvalue weighted by Gasteiger charge is -2.38. The fourth-order valence-electron chi connectivity index (χ4n) is 3.46. The van der Waals surface area contributed by atoms with E-state index < -0.39 is 4.92 Å². The van der Waals surface area contributed by atoms with Gasteiger partial charge < -0.3 is 4.90 Å². The number of hydrogen-bond acceptors (Lipinski definition) is 4. The Labute approximate surface area is 116 Å². The number of nitro groups is 1. The van der Waals surface area contributed by atoms with Crippen LogP contribution in [-0.4, -0.2) is 22.5 Å². The Morgan fingerprint density at radius 2 is 2.11 bits per heavy atom. The van der Waals surface area contributed by atoms with Crippen LogP contribution in [-0.2, 0) is 0 Å². The summed E-state index contributed by atoms with van der Waals surface area (Å²) in [5, 5.41) is 11.1. The first-order valence-corrected chi connectivity index (χ1v) is 7.11. The first-order chi connectivity index (χ1) is 9.15. The van der Waals surface area contributed by atoms with Crippen LogP contribution in [0.25, 0.3) is 0 Å². The van der Waals surface area contributed by atoms with E-state index in [0.29, 0.717) is 17.8 Å². The molecule has 5 nitrogen and oxygen atoms in total. The summed E-state index contributed by atoms with van der Waals surface area (Å²) < 4.78 is 0. The molecule has 2 atom stereocenters. The van der Waals surface area contributed by atoms with Gasteiger partial charge in [-0.3, -0.25) is 10.1 Å². The zero-order valence-corrected chi connectivity index (χ0v) is 11.3. The number of rotatable bonds is 2. The standard InChI is InChI=1S/C13H16ClN3O2/c14-12-7-10(17(18)19)8-13(15-12)16-6-2-4-9-3-1-5-11(9)16/h7-9,11H,1-6H2. The molecule has 2 aliphatic rings. The topological polar surface area (TPSA) is 59.3 Å². The lowest BCUT2D eigenvalue weighted by molar-refractivity contribution is -0.384. The minimum atomic E-state index is -0.410. The summed E-state index contributed by atoms with van der Waals surface area (Å²) in [7, 11) is 0. The minimum absolute atomic E-state index is 0.0233. The van der Waals surface area contributed by atoms with E-state index in [-0.39, 0.29) is 10.8 Å². The van der Waals surface area contributed by atoms with E-state index in [2.05, 4.69) is 9.88 Å². The van der Waals surface area contributed by atoms with Crippen molar-refractivity contribution in [2.45, 2.75) is 38.1 Å². The molecule has 1 aliphatic carbocycles. The van der Waals surface area contributed by atoms with Crippen LogP contribution in [0.3, 0.4) is 0 Å². The van der Waals surface area contributed by atoms with Crippen molar-refractivity contribution in [2.75, 3.05) is 11.4 Å². The zero-order chi connectivity index (χ0) is 13.4. The Balaban J connectivity index is 1.94. The third-order valence-corrected chi connectivity index (χ3v) is 4.46. The van der Waals surface area contributed by atoms with Gasteiger partial charge in [0.1, 0.15) is 11.0 Å². The lowest BCUT2D eigenvalue weighted by atomic mass is 9.92. The van der Waals surface area contributed by atoms with Crippen LogP contribution in [0.15, 0.2) is 12.1 Å². The van der Waals surface area contributed by atoms with E-state index in [1.54, 1.807) is 6.07 Å². The van der Waals surface area contributed by atoms with Crippen LogP contribution in [0.5, 0.6) is 0 Å². The van der Waals surface area contributed by atoms with Crippen molar-refractivity contribution in [1.82, 2.24) is 4.98 Å². The average Bonchev–Trinajstić information content (AvgIpc) is 2.85. The number of nitrogens with zero attached hydrogens (tertiary/aromatic N) is 3. The largest absolute Gasteiger partial charge is 0.353 e. The fourth-order valence-corrected chi connectivity index (χ4v) is 3.66. The molecule has 6 heteroatoms. The van der Waals surface area contributed by atoms with Gasteiger partial charge in [-0.05, 0) is 31.6 Å². The van der Waals surface area contributed by atoms with Crippen molar-refractivity contribution in [1.29, 1.82) is 0 Å². The number of fused-ring (bicyclic) bond motifs is 1. The molecule has 1 aliphatic heterocycles. The zero-order valence-electron chi connectivity index (χ0n) is 10.6. The molecule has 2 unspecified atom stereocenters. The van der Waals surface area contributed by atoms with Gasteiger partial charge in [-0.25, -0.2) is 4.98 Å². The highest BCUT2D eigenvalue weighted by Gasteiger charge is 2.36. The summed E-state index contributed by atoms with van der Waals surface area (Å²) in [6.07, 6.45) is 6.07. The van der Waals surface area contributed by atoms with Crippen molar-refractivity contribution >= 4 is 23.1 Å². The Kier molecular flexibility index (Phi) is 3.31. The number of aromatic nitrogens is 1. The number of anilines is 1. The molecule has 102 valence electrons. The molecule has 2 fully saturated rings. The highest BCUT2D eigenvalue weighted by Crippen LogP contribution is 2.39. The number of hydrogen-bond donors (Lipinski definition) is 0. The van der Waals surface area contributed by atoms with Gasteiger partial charge in [-0.1, -0.05) is 18.0 Å². The number of halogens is 1. The Bertz CT molecular complexity index is 509. The van der Waals surface area contributed by atoms with Gasteiger partial charge in [0.05, 0.1) is 17.1 Å². The fraction of sp³-hybridized carbons (Fsp3) is 0.615. The van der Waals surface area contributed by atoms with Crippen molar-refractivity contribution in [3.05, 3.63) is 27.4 Å². The lowest BCUT2D eigenvalue weighted by Crippen LogP contribution is -2.43. The number of pyridine rings is 1. The second kappa shape index (κ2) is 4.96. The predicted molar refractivity (Wildman–Crippen MR) is 73.6 cm³/mol. The molecule has 0 amide bonds. The van der Waals surface area contributed by atoms with Crippen LogP contribution < -0.4 is 4.90 Å². The Morgan fingerprint density at radius 3 is 2.89 bits per heavy atom. The smallest absolute Gasteiger partial charge is 0.276 e. The first kappa shape index (κ1) is 12.7. The molecular weight excluding hydrogens is 266 g/mol. The van der Waals surface area contributed by atoms with Gasteiger partial charge in [0.15, 0.2) is 0 Å². The van der Waals surface area contributed by atoms with E-state index in [1.807, 2.05) is 0 Å². The highest BCUT2D eigenvalue weighted by atomic mass is 35.5. The SMILES string of the molecule is O=[N+]([O-])c1cc(Cl)nc(N2CCCC3CCCC32)c1. The van der Waals surface area contributed by atoms with Crippen LogP contribution in [0.2, 0.25) is 5.15 Å². The van der Waals surface area contributed by atoms with Crippen molar-refractivity contribution < 1.29 is 4.92 Å². The average molecular weight is 282 g/mol. The maximum absolute atomic E-state index is 10.9. The molecule has 3 rings (SSSR count). The molecule has 1 aromatic rings. The molecule has 0 bridgehead atoms. The summed E-state index contributed by atoms with van der Waals surface area (Å²) >= 11 is 5.91. The van der Waals surface area contributed by atoms with Crippen molar-refractivity contribution in [2.24, 2.45) is 5.92 Å². The van der Waals surface area contributed by atoms with Gasteiger partial charge in [0.2, 0.25) is 0 Å². The van der Waals surface area contributed by atoms with Gasteiger partial charge >= 0.3 is 0 Å².